The smallest absolute Gasteiger partial charge is 0.494 e. The van der Waals surface area contributed by atoms with E-state index in [-0.39, 0.29) is 12.2 Å². The van der Waals surface area contributed by atoms with Crippen molar-refractivity contribution in [2.24, 2.45) is 5.73 Å². The molecule has 142 valence electrons. The van der Waals surface area contributed by atoms with Crippen LogP contribution in [0, 0.1) is 0 Å². The number of ether oxygens (including phenoxy) is 1. The van der Waals surface area contributed by atoms with Crippen LogP contribution in [0.1, 0.15) is 63.9 Å². The topological polar surface area (TPSA) is 72.5 Å². The lowest BCUT2D eigenvalue weighted by molar-refractivity contribution is 0.304. The Morgan fingerprint density at radius 3 is 2.52 bits per heavy atom. The van der Waals surface area contributed by atoms with E-state index in [1.165, 1.54) is 38.5 Å². The molecular formula is C19H32ClNO3P+. The van der Waals surface area contributed by atoms with Crippen molar-refractivity contribution in [3.8, 4) is 5.75 Å². The summed E-state index contributed by atoms with van der Waals surface area (Å²) in [4.78, 5) is 8.84. The van der Waals surface area contributed by atoms with Crippen LogP contribution >= 0.6 is 19.6 Å². The van der Waals surface area contributed by atoms with Gasteiger partial charge in [-0.15, -0.1) is 0 Å². The summed E-state index contributed by atoms with van der Waals surface area (Å²) in [5.41, 5.74) is 6.94. The molecule has 0 aliphatic carbocycles. The van der Waals surface area contributed by atoms with Crippen LogP contribution in [0.15, 0.2) is 18.2 Å². The van der Waals surface area contributed by atoms with Crippen LogP contribution in [0.25, 0.3) is 0 Å². The maximum absolute atomic E-state index is 10.7. The molecule has 0 amide bonds. The van der Waals surface area contributed by atoms with Gasteiger partial charge in [-0.25, -0.2) is 0 Å². The Morgan fingerprint density at radius 2 is 1.88 bits per heavy atom. The first kappa shape index (κ1) is 22.4. The molecule has 0 spiro atoms. The summed E-state index contributed by atoms with van der Waals surface area (Å²) in [6, 6.07) is 5.52. The first-order chi connectivity index (χ1) is 12.0. The van der Waals surface area contributed by atoms with Crippen molar-refractivity contribution in [2.45, 2.75) is 70.8 Å². The van der Waals surface area contributed by atoms with E-state index in [4.69, 9.17) is 27.0 Å². The second kappa shape index (κ2) is 13.5. The highest BCUT2D eigenvalue weighted by Gasteiger charge is 2.15. The standard InChI is InChI=1S/C19H31ClNO3P/c1-2-3-4-5-6-7-8-12-24-18-10-9-16(19(20)15-18)14-17(21)11-13-25(22)23/h9-10,15,17H,2-8,11-14,21H2,1H3/p+1. The fourth-order valence-corrected chi connectivity index (χ4v) is 3.49. The maximum Gasteiger partial charge on any atom is 0.505 e. The van der Waals surface area contributed by atoms with E-state index in [9.17, 15) is 4.57 Å². The molecule has 0 radical (unpaired) electrons. The number of hydrogen-bond donors (Lipinski definition) is 2. The molecular weight excluding hydrogens is 357 g/mol. The van der Waals surface area contributed by atoms with Crippen LogP contribution in [0.5, 0.6) is 5.75 Å². The van der Waals surface area contributed by atoms with Gasteiger partial charge in [-0.3, -0.25) is 0 Å². The average molecular weight is 389 g/mol. The van der Waals surface area contributed by atoms with Crippen molar-refractivity contribution < 1.29 is 14.2 Å². The molecule has 0 fully saturated rings. The second-order valence-corrected chi connectivity index (χ2v) is 8.11. The lowest BCUT2D eigenvalue weighted by Crippen LogP contribution is -2.23. The molecule has 0 saturated carbocycles. The van der Waals surface area contributed by atoms with Gasteiger partial charge >= 0.3 is 8.03 Å². The zero-order valence-corrected chi connectivity index (χ0v) is 16.9. The number of hydrogen-bond acceptors (Lipinski definition) is 3. The van der Waals surface area contributed by atoms with Gasteiger partial charge in [0.1, 0.15) is 5.75 Å². The Morgan fingerprint density at radius 1 is 1.20 bits per heavy atom. The lowest BCUT2D eigenvalue weighted by atomic mass is 10.0. The molecule has 6 heteroatoms. The highest BCUT2D eigenvalue weighted by Crippen LogP contribution is 2.25. The van der Waals surface area contributed by atoms with E-state index in [1.54, 1.807) is 0 Å². The van der Waals surface area contributed by atoms with Crippen molar-refractivity contribution in [3.63, 3.8) is 0 Å². The van der Waals surface area contributed by atoms with Crippen LogP contribution in [-0.4, -0.2) is 23.7 Å². The average Bonchev–Trinajstić information content (AvgIpc) is 2.57. The molecule has 0 heterocycles. The normalized spacial score (nSPS) is 12.9. The van der Waals surface area contributed by atoms with Crippen molar-refractivity contribution in [1.82, 2.24) is 0 Å². The van der Waals surface area contributed by atoms with Crippen LogP contribution in [0.4, 0.5) is 0 Å². The van der Waals surface area contributed by atoms with Crippen molar-refractivity contribution >= 4 is 19.6 Å². The zero-order valence-electron chi connectivity index (χ0n) is 15.3. The van der Waals surface area contributed by atoms with E-state index < -0.39 is 8.03 Å². The monoisotopic (exact) mass is 388 g/mol. The Labute approximate surface area is 158 Å². The largest absolute Gasteiger partial charge is 0.505 e. The number of nitrogens with two attached hydrogens (primary N) is 1. The molecule has 0 saturated heterocycles. The molecule has 3 N–H and O–H groups in total. The number of benzene rings is 1. The van der Waals surface area contributed by atoms with Gasteiger partial charge in [0.05, 0.1) is 6.61 Å². The van der Waals surface area contributed by atoms with Gasteiger partial charge in [-0.1, -0.05) is 63.1 Å². The van der Waals surface area contributed by atoms with Crippen molar-refractivity contribution in [3.05, 3.63) is 28.8 Å². The summed E-state index contributed by atoms with van der Waals surface area (Å²) in [7, 11) is -2.12. The fraction of sp³-hybridized carbons (Fsp3) is 0.684. The summed E-state index contributed by atoms with van der Waals surface area (Å²) in [6.07, 6.45) is 10.2. The van der Waals surface area contributed by atoms with Crippen LogP contribution < -0.4 is 10.5 Å². The predicted octanol–water partition coefficient (Wildman–Crippen LogP) is 5.46. The van der Waals surface area contributed by atoms with Crippen LogP contribution in [-0.2, 0) is 11.0 Å². The number of rotatable bonds is 14. The summed E-state index contributed by atoms with van der Waals surface area (Å²) in [5, 5.41) is 0.640. The molecule has 4 nitrogen and oxygen atoms in total. The molecule has 25 heavy (non-hydrogen) atoms. The summed E-state index contributed by atoms with van der Waals surface area (Å²) >= 11 is 6.30. The van der Waals surface area contributed by atoms with E-state index in [0.29, 0.717) is 24.5 Å². The minimum absolute atomic E-state index is 0.164. The summed E-state index contributed by atoms with van der Waals surface area (Å²) < 4.78 is 16.5. The highest BCUT2D eigenvalue weighted by atomic mass is 35.5. The summed E-state index contributed by atoms with van der Waals surface area (Å²) in [6.45, 7) is 2.95. The molecule has 0 aromatic heterocycles. The van der Waals surface area contributed by atoms with Gasteiger partial charge in [0.2, 0.25) is 0 Å². The molecule has 0 bridgehead atoms. The molecule has 0 aliphatic rings. The molecule has 1 aromatic carbocycles. The molecule has 1 aromatic rings. The molecule has 0 aliphatic heterocycles. The van der Waals surface area contributed by atoms with Crippen LogP contribution in [0.3, 0.4) is 0 Å². The van der Waals surface area contributed by atoms with Gasteiger partial charge in [0.15, 0.2) is 6.16 Å². The molecule has 2 unspecified atom stereocenters. The first-order valence-electron chi connectivity index (χ1n) is 9.33. The SMILES string of the molecule is CCCCCCCCCOc1ccc(CC(N)CC[P+](=O)O)c(Cl)c1. The second-order valence-electron chi connectivity index (χ2n) is 6.55. The summed E-state index contributed by atoms with van der Waals surface area (Å²) in [5.74, 6) is 0.784. The third kappa shape index (κ3) is 10.8. The van der Waals surface area contributed by atoms with Crippen molar-refractivity contribution in [1.29, 1.82) is 0 Å². The fourth-order valence-electron chi connectivity index (χ4n) is 2.69. The minimum atomic E-state index is -2.12. The maximum atomic E-state index is 10.7. The third-order valence-corrected chi connectivity index (χ3v) is 5.21. The Kier molecular flexibility index (Phi) is 12.1. The van der Waals surface area contributed by atoms with Gasteiger partial charge in [0, 0.05) is 17.5 Å². The number of halogens is 1. The van der Waals surface area contributed by atoms with Gasteiger partial charge in [0.25, 0.3) is 0 Å². The molecule has 2 atom stereocenters. The van der Waals surface area contributed by atoms with Crippen molar-refractivity contribution in [2.75, 3.05) is 12.8 Å². The zero-order chi connectivity index (χ0) is 18.5. The Bertz CT molecular complexity index is 513. The van der Waals surface area contributed by atoms with E-state index in [1.807, 2.05) is 18.2 Å². The van der Waals surface area contributed by atoms with E-state index in [2.05, 4.69) is 6.92 Å². The van der Waals surface area contributed by atoms with Gasteiger partial charge < -0.3 is 10.5 Å². The van der Waals surface area contributed by atoms with E-state index >= 15 is 0 Å². The first-order valence-corrected chi connectivity index (χ1v) is 11.1. The molecule has 1 rings (SSSR count). The quantitative estimate of drug-likeness (QED) is 0.327. The predicted molar refractivity (Wildman–Crippen MR) is 106 cm³/mol. The number of unbranched alkanes of at least 4 members (excludes halogenated alkanes) is 6. The Hall–Kier alpha value is -0.670. The van der Waals surface area contributed by atoms with E-state index in [0.717, 1.165) is 17.7 Å². The Balaban J connectivity index is 2.27. The third-order valence-electron chi connectivity index (χ3n) is 4.21. The highest BCUT2D eigenvalue weighted by molar-refractivity contribution is 7.37. The van der Waals surface area contributed by atoms with Gasteiger partial charge in [-0.05, 0) is 35.1 Å². The minimum Gasteiger partial charge on any atom is -0.494 e. The van der Waals surface area contributed by atoms with Gasteiger partial charge in [-0.2, -0.15) is 4.89 Å². The van der Waals surface area contributed by atoms with Crippen LogP contribution in [0.2, 0.25) is 5.02 Å². The lowest BCUT2D eigenvalue weighted by Gasteiger charge is -2.12.